The average Bonchev–Trinajstić information content (AvgIpc) is 3.15. The van der Waals surface area contributed by atoms with Crippen LogP contribution in [0.1, 0.15) is 0 Å². The van der Waals surface area contributed by atoms with Gasteiger partial charge in [0.2, 0.25) is 5.91 Å². The van der Waals surface area contributed by atoms with Crippen molar-refractivity contribution in [2.24, 2.45) is 0 Å². The zero-order valence-electron chi connectivity index (χ0n) is 12.9. The zero-order valence-corrected chi connectivity index (χ0v) is 13.7. The fourth-order valence-corrected chi connectivity index (χ4v) is 2.77. The Morgan fingerprint density at radius 2 is 2.00 bits per heavy atom. The Hall–Kier alpha value is -3.20. The molecule has 3 aromatic rings. The smallest absolute Gasteiger partial charge is 0.269 e. The van der Waals surface area contributed by atoms with Gasteiger partial charge in [0.1, 0.15) is 0 Å². The van der Waals surface area contributed by atoms with Gasteiger partial charge in [-0.05, 0) is 30.3 Å². The minimum absolute atomic E-state index is 0.0213. The van der Waals surface area contributed by atoms with Crippen LogP contribution in [-0.4, -0.2) is 31.3 Å². The van der Waals surface area contributed by atoms with Gasteiger partial charge in [0.15, 0.2) is 5.82 Å². The number of aromatic nitrogens is 3. The third kappa shape index (κ3) is 4.21. The standard InChI is InChI=1S/C16H13N5O3S/c22-15(11-25-13-6-4-12(5-7-13)21(23)24)19-14-3-1-8-17-16(14)20-10-2-9-18-20/h1-10H,11H2,(H,19,22). The Kier molecular flexibility index (Phi) is 5.05. The van der Waals surface area contributed by atoms with Gasteiger partial charge in [-0.1, -0.05) is 0 Å². The molecule has 1 aromatic carbocycles. The molecule has 1 N–H and O–H groups in total. The summed E-state index contributed by atoms with van der Waals surface area (Å²) >= 11 is 1.29. The van der Waals surface area contributed by atoms with Crippen molar-refractivity contribution in [3.05, 3.63) is 71.2 Å². The highest BCUT2D eigenvalue weighted by atomic mass is 32.2. The summed E-state index contributed by atoms with van der Waals surface area (Å²) in [6.07, 6.45) is 4.99. The number of nitrogens with zero attached hydrogens (tertiary/aromatic N) is 4. The number of benzene rings is 1. The number of nitro groups is 1. The van der Waals surface area contributed by atoms with Crippen molar-refractivity contribution in [3.63, 3.8) is 0 Å². The Balaban J connectivity index is 1.63. The van der Waals surface area contributed by atoms with Gasteiger partial charge in [0.25, 0.3) is 5.69 Å². The molecule has 0 saturated carbocycles. The number of carbonyl (C=O) groups is 1. The van der Waals surface area contributed by atoms with Crippen molar-refractivity contribution >= 4 is 29.0 Å². The van der Waals surface area contributed by atoms with Gasteiger partial charge in [0, 0.05) is 35.6 Å². The minimum atomic E-state index is -0.458. The maximum absolute atomic E-state index is 12.2. The van der Waals surface area contributed by atoms with Crippen LogP contribution in [0.2, 0.25) is 0 Å². The van der Waals surface area contributed by atoms with Crippen LogP contribution in [0, 0.1) is 10.1 Å². The number of hydrogen-bond acceptors (Lipinski definition) is 6. The van der Waals surface area contributed by atoms with E-state index in [9.17, 15) is 14.9 Å². The van der Waals surface area contributed by atoms with E-state index in [2.05, 4.69) is 15.4 Å². The SMILES string of the molecule is O=C(CSc1ccc([N+](=O)[O-])cc1)Nc1cccnc1-n1cccn1. The van der Waals surface area contributed by atoms with Crippen molar-refractivity contribution < 1.29 is 9.72 Å². The predicted molar refractivity (Wildman–Crippen MR) is 93.8 cm³/mol. The van der Waals surface area contributed by atoms with E-state index in [-0.39, 0.29) is 17.3 Å². The number of anilines is 1. The molecule has 2 aromatic heterocycles. The molecule has 25 heavy (non-hydrogen) atoms. The third-order valence-electron chi connectivity index (χ3n) is 3.20. The van der Waals surface area contributed by atoms with Gasteiger partial charge < -0.3 is 5.32 Å². The fraction of sp³-hybridized carbons (Fsp3) is 0.0625. The average molecular weight is 355 g/mol. The fourth-order valence-electron chi connectivity index (χ4n) is 2.07. The molecule has 9 heteroatoms. The second kappa shape index (κ2) is 7.58. The van der Waals surface area contributed by atoms with Crippen molar-refractivity contribution in [3.8, 4) is 5.82 Å². The molecular formula is C16H13N5O3S. The van der Waals surface area contributed by atoms with E-state index < -0.39 is 4.92 Å². The maximum atomic E-state index is 12.2. The molecule has 0 fully saturated rings. The van der Waals surface area contributed by atoms with Crippen LogP contribution < -0.4 is 5.32 Å². The molecule has 0 atom stereocenters. The quantitative estimate of drug-likeness (QED) is 0.414. The van der Waals surface area contributed by atoms with Gasteiger partial charge in [0.05, 0.1) is 16.4 Å². The first kappa shape index (κ1) is 16.7. The molecule has 126 valence electrons. The lowest BCUT2D eigenvalue weighted by Gasteiger charge is -2.09. The number of hydrogen-bond donors (Lipinski definition) is 1. The highest BCUT2D eigenvalue weighted by Crippen LogP contribution is 2.22. The molecule has 0 spiro atoms. The van der Waals surface area contributed by atoms with Crippen molar-refractivity contribution in [2.45, 2.75) is 4.90 Å². The largest absolute Gasteiger partial charge is 0.322 e. The van der Waals surface area contributed by atoms with Crippen LogP contribution in [-0.2, 0) is 4.79 Å². The number of nitrogens with one attached hydrogen (secondary N) is 1. The molecule has 0 aliphatic rings. The van der Waals surface area contributed by atoms with Crippen LogP contribution in [0.25, 0.3) is 5.82 Å². The van der Waals surface area contributed by atoms with Crippen molar-refractivity contribution in [2.75, 3.05) is 11.1 Å². The van der Waals surface area contributed by atoms with E-state index in [1.165, 1.54) is 23.9 Å². The van der Waals surface area contributed by atoms with Crippen LogP contribution in [0.5, 0.6) is 0 Å². The van der Waals surface area contributed by atoms with E-state index in [1.54, 1.807) is 53.6 Å². The first-order chi connectivity index (χ1) is 12.1. The van der Waals surface area contributed by atoms with E-state index in [1.807, 2.05) is 0 Å². The monoisotopic (exact) mass is 355 g/mol. The van der Waals surface area contributed by atoms with Gasteiger partial charge in [-0.15, -0.1) is 11.8 Å². The first-order valence-corrected chi connectivity index (χ1v) is 8.24. The number of carbonyl (C=O) groups excluding carboxylic acids is 1. The molecule has 0 aliphatic carbocycles. The zero-order chi connectivity index (χ0) is 17.6. The first-order valence-electron chi connectivity index (χ1n) is 7.25. The molecule has 0 aliphatic heterocycles. The molecule has 0 bridgehead atoms. The summed E-state index contributed by atoms with van der Waals surface area (Å²) in [7, 11) is 0. The Morgan fingerprint density at radius 3 is 2.68 bits per heavy atom. The summed E-state index contributed by atoms with van der Waals surface area (Å²) in [6.45, 7) is 0. The molecule has 0 radical (unpaired) electrons. The summed E-state index contributed by atoms with van der Waals surface area (Å²) in [5, 5.41) is 17.6. The van der Waals surface area contributed by atoms with Crippen LogP contribution in [0.3, 0.4) is 0 Å². The van der Waals surface area contributed by atoms with E-state index in [0.717, 1.165) is 4.90 Å². The summed E-state index contributed by atoms with van der Waals surface area (Å²) in [5.41, 5.74) is 0.577. The number of rotatable bonds is 6. The van der Waals surface area contributed by atoms with E-state index >= 15 is 0 Å². The van der Waals surface area contributed by atoms with Crippen LogP contribution in [0.15, 0.2) is 66.0 Å². The number of pyridine rings is 1. The molecule has 1 amide bonds. The Bertz CT molecular complexity index is 881. The van der Waals surface area contributed by atoms with E-state index in [0.29, 0.717) is 11.5 Å². The van der Waals surface area contributed by atoms with Gasteiger partial charge in [-0.25, -0.2) is 9.67 Å². The lowest BCUT2D eigenvalue weighted by Crippen LogP contribution is -2.16. The second-order valence-electron chi connectivity index (χ2n) is 4.91. The number of thioether (sulfide) groups is 1. The minimum Gasteiger partial charge on any atom is -0.322 e. The van der Waals surface area contributed by atoms with Gasteiger partial charge in [-0.3, -0.25) is 14.9 Å². The molecule has 8 nitrogen and oxygen atoms in total. The molecule has 0 unspecified atom stereocenters. The van der Waals surface area contributed by atoms with Gasteiger partial charge in [-0.2, -0.15) is 5.10 Å². The second-order valence-corrected chi connectivity index (χ2v) is 5.96. The van der Waals surface area contributed by atoms with Crippen molar-refractivity contribution in [1.29, 1.82) is 0 Å². The molecule has 0 saturated heterocycles. The molecule has 2 heterocycles. The Labute approximate surface area is 147 Å². The van der Waals surface area contributed by atoms with Gasteiger partial charge >= 0.3 is 0 Å². The highest BCUT2D eigenvalue weighted by molar-refractivity contribution is 8.00. The van der Waals surface area contributed by atoms with Crippen LogP contribution in [0.4, 0.5) is 11.4 Å². The highest BCUT2D eigenvalue weighted by Gasteiger charge is 2.11. The number of amides is 1. The summed E-state index contributed by atoms with van der Waals surface area (Å²) < 4.78 is 1.57. The number of nitro benzene ring substituents is 1. The normalized spacial score (nSPS) is 10.4. The third-order valence-corrected chi connectivity index (χ3v) is 4.21. The maximum Gasteiger partial charge on any atom is 0.269 e. The lowest BCUT2D eigenvalue weighted by atomic mass is 10.3. The summed E-state index contributed by atoms with van der Waals surface area (Å²) in [6, 6.07) is 11.3. The van der Waals surface area contributed by atoms with E-state index in [4.69, 9.17) is 0 Å². The topological polar surface area (TPSA) is 103 Å². The summed E-state index contributed by atoms with van der Waals surface area (Å²) in [4.78, 5) is 27.4. The van der Waals surface area contributed by atoms with Crippen LogP contribution >= 0.6 is 11.8 Å². The predicted octanol–water partition coefficient (Wildman–Crippen LogP) is 2.91. The summed E-state index contributed by atoms with van der Waals surface area (Å²) in [5.74, 6) is 0.497. The number of non-ortho nitro benzene ring substituents is 1. The molecule has 3 rings (SSSR count). The van der Waals surface area contributed by atoms with Crippen molar-refractivity contribution in [1.82, 2.24) is 14.8 Å². The molecular weight excluding hydrogens is 342 g/mol. The Morgan fingerprint density at radius 1 is 1.20 bits per heavy atom. The lowest BCUT2D eigenvalue weighted by molar-refractivity contribution is -0.384.